The number of esters is 1. The molecule has 134 valence electrons. The van der Waals surface area contributed by atoms with Crippen LogP contribution in [0.25, 0.3) is 0 Å². The fourth-order valence-electron chi connectivity index (χ4n) is 2.04. The number of likely N-dealkylation sites (N-methyl/N-ethyl adjacent to an activating group) is 1. The van der Waals surface area contributed by atoms with Crippen molar-refractivity contribution < 1.29 is 27.5 Å². The summed E-state index contributed by atoms with van der Waals surface area (Å²) in [5.41, 5.74) is -1.03. The molecule has 0 aliphatic heterocycles. The Hall–Kier alpha value is -1.80. The molecule has 0 spiro atoms. The van der Waals surface area contributed by atoms with Gasteiger partial charge in [-0.3, -0.25) is 14.5 Å². The zero-order chi connectivity index (χ0) is 18.5. The maximum Gasteiger partial charge on any atom is 0.416 e. The Balaban J connectivity index is 2.70. The van der Waals surface area contributed by atoms with Crippen LogP contribution < -0.4 is 5.32 Å². The maximum atomic E-state index is 12.7. The Morgan fingerprint density at radius 2 is 2.00 bits per heavy atom. The Morgan fingerprint density at radius 1 is 1.38 bits per heavy atom. The number of ether oxygens (including phenoxy) is 1. The summed E-state index contributed by atoms with van der Waals surface area (Å²) in [6.45, 7) is 1.79. The van der Waals surface area contributed by atoms with Crippen LogP contribution >= 0.6 is 11.6 Å². The molecular formula is C15H18ClF3N2O3. The third-order valence-corrected chi connectivity index (χ3v) is 3.50. The van der Waals surface area contributed by atoms with Crippen LogP contribution in [0.3, 0.4) is 0 Å². The molecule has 0 aliphatic carbocycles. The number of carbonyl (C=O) groups excluding carboxylic acids is 2. The molecule has 24 heavy (non-hydrogen) atoms. The average Bonchev–Trinajstić information content (AvgIpc) is 2.47. The summed E-state index contributed by atoms with van der Waals surface area (Å²) in [6, 6.07) is 2.68. The number of nitrogens with one attached hydrogen (secondary N) is 1. The topological polar surface area (TPSA) is 58.6 Å². The lowest BCUT2D eigenvalue weighted by molar-refractivity contribution is -0.145. The molecule has 1 amide bonds. The number of hydrogen-bond donors (Lipinski definition) is 1. The Morgan fingerprint density at radius 3 is 2.54 bits per heavy atom. The number of alkyl halides is 3. The SMILES string of the molecule is COC(=O)C(C)CN(C)CC(=O)Nc1cc(C(F)(F)F)ccc1Cl. The maximum absolute atomic E-state index is 12.7. The van der Waals surface area contributed by atoms with Crippen molar-refractivity contribution in [3.8, 4) is 0 Å². The molecule has 1 unspecified atom stereocenters. The van der Waals surface area contributed by atoms with Gasteiger partial charge in [0.15, 0.2) is 0 Å². The summed E-state index contributed by atoms with van der Waals surface area (Å²) in [7, 11) is 2.87. The van der Waals surface area contributed by atoms with Crippen LogP contribution in [0.5, 0.6) is 0 Å². The second-order valence-corrected chi connectivity index (χ2v) is 5.77. The molecule has 0 radical (unpaired) electrons. The molecule has 5 nitrogen and oxygen atoms in total. The minimum Gasteiger partial charge on any atom is -0.469 e. The van der Waals surface area contributed by atoms with E-state index in [4.69, 9.17) is 11.6 Å². The fourth-order valence-corrected chi connectivity index (χ4v) is 2.20. The number of amides is 1. The molecule has 0 fully saturated rings. The van der Waals surface area contributed by atoms with Gasteiger partial charge in [0.2, 0.25) is 5.91 Å². The molecule has 1 N–H and O–H groups in total. The number of hydrogen-bond acceptors (Lipinski definition) is 4. The van der Waals surface area contributed by atoms with Gasteiger partial charge < -0.3 is 10.1 Å². The number of benzene rings is 1. The highest BCUT2D eigenvalue weighted by molar-refractivity contribution is 6.33. The number of halogens is 4. The van der Waals surface area contributed by atoms with Crippen molar-refractivity contribution in [2.45, 2.75) is 13.1 Å². The van der Waals surface area contributed by atoms with E-state index in [-0.39, 0.29) is 23.8 Å². The van der Waals surface area contributed by atoms with E-state index in [1.807, 2.05) is 0 Å². The normalized spacial score (nSPS) is 12.8. The van der Waals surface area contributed by atoms with Crippen LogP contribution in [0.4, 0.5) is 18.9 Å². The largest absolute Gasteiger partial charge is 0.469 e. The molecule has 0 saturated carbocycles. The smallest absolute Gasteiger partial charge is 0.416 e. The van der Waals surface area contributed by atoms with E-state index in [1.54, 1.807) is 18.9 Å². The minimum absolute atomic E-state index is 0.00179. The quantitative estimate of drug-likeness (QED) is 0.786. The molecule has 0 aromatic heterocycles. The van der Waals surface area contributed by atoms with Crippen LogP contribution in [-0.4, -0.2) is 44.0 Å². The average molecular weight is 367 g/mol. The molecule has 0 heterocycles. The fraction of sp³-hybridized carbons (Fsp3) is 0.467. The number of methoxy groups -OCH3 is 1. The van der Waals surface area contributed by atoms with Crippen LogP contribution in [0.15, 0.2) is 18.2 Å². The molecule has 9 heteroatoms. The summed E-state index contributed by atoms with van der Waals surface area (Å²) in [4.78, 5) is 24.8. The van der Waals surface area contributed by atoms with E-state index < -0.39 is 29.5 Å². The second kappa shape index (κ2) is 8.34. The van der Waals surface area contributed by atoms with E-state index in [0.29, 0.717) is 0 Å². The van der Waals surface area contributed by atoms with E-state index in [9.17, 15) is 22.8 Å². The number of nitrogens with zero attached hydrogens (tertiary/aromatic N) is 1. The third-order valence-electron chi connectivity index (χ3n) is 3.17. The summed E-state index contributed by atoms with van der Waals surface area (Å²) < 4.78 is 42.7. The molecule has 0 aliphatic rings. The van der Waals surface area contributed by atoms with Gasteiger partial charge in [-0.15, -0.1) is 0 Å². The second-order valence-electron chi connectivity index (χ2n) is 5.36. The highest BCUT2D eigenvalue weighted by Gasteiger charge is 2.31. The summed E-state index contributed by atoms with van der Waals surface area (Å²) in [5.74, 6) is -1.40. The summed E-state index contributed by atoms with van der Waals surface area (Å²) >= 11 is 5.81. The molecule has 1 aromatic rings. The lowest BCUT2D eigenvalue weighted by Gasteiger charge is -2.19. The van der Waals surface area contributed by atoms with Gasteiger partial charge in [0.05, 0.1) is 35.8 Å². The molecule has 0 bridgehead atoms. The van der Waals surface area contributed by atoms with Gasteiger partial charge in [-0.25, -0.2) is 0 Å². The van der Waals surface area contributed by atoms with E-state index in [2.05, 4.69) is 10.1 Å². The van der Waals surface area contributed by atoms with Gasteiger partial charge in [-0.2, -0.15) is 13.2 Å². The van der Waals surface area contributed by atoms with E-state index in [0.717, 1.165) is 18.2 Å². The monoisotopic (exact) mass is 366 g/mol. The molecule has 1 aromatic carbocycles. The van der Waals surface area contributed by atoms with Gasteiger partial charge in [0.1, 0.15) is 0 Å². The predicted octanol–water partition coefficient (Wildman–Crippen LogP) is 3.04. The summed E-state index contributed by atoms with van der Waals surface area (Å²) in [6.07, 6.45) is -4.53. The zero-order valence-corrected chi connectivity index (χ0v) is 14.2. The van der Waals surface area contributed by atoms with E-state index in [1.165, 1.54) is 7.11 Å². The van der Waals surface area contributed by atoms with Crippen molar-refractivity contribution in [1.29, 1.82) is 0 Å². The summed E-state index contributed by atoms with van der Waals surface area (Å²) in [5, 5.41) is 2.34. The first-order valence-electron chi connectivity index (χ1n) is 6.97. The van der Waals surface area contributed by atoms with Gasteiger partial charge in [0, 0.05) is 6.54 Å². The van der Waals surface area contributed by atoms with E-state index >= 15 is 0 Å². The highest BCUT2D eigenvalue weighted by Crippen LogP contribution is 2.33. The molecule has 1 atom stereocenters. The molecule has 0 saturated heterocycles. The van der Waals surface area contributed by atoms with Gasteiger partial charge in [0.25, 0.3) is 0 Å². The third kappa shape index (κ3) is 6.01. The number of carbonyl (C=O) groups is 2. The van der Waals surface area contributed by atoms with Crippen molar-refractivity contribution in [2.75, 3.05) is 32.6 Å². The standard InChI is InChI=1S/C15H18ClF3N2O3/c1-9(14(23)24-3)7-21(2)8-13(22)20-12-6-10(15(17,18)19)4-5-11(12)16/h4-6,9H,7-8H2,1-3H3,(H,20,22). The van der Waals surface area contributed by atoms with Crippen molar-refractivity contribution in [3.63, 3.8) is 0 Å². The van der Waals surface area contributed by atoms with Crippen LogP contribution in [-0.2, 0) is 20.5 Å². The van der Waals surface area contributed by atoms with Crippen LogP contribution in [0.1, 0.15) is 12.5 Å². The van der Waals surface area contributed by atoms with Crippen molar-refractivity contribution in [3.05, 3.63) is 28.8 Å². The highest BCUT2D eigenvalue weighted by atomic mass is 35.5. The Bertz CT molecular complexity index is 608. The number of rotatable bonds is 6. The van der Waals surface area contributed by atoms with Crippen molar-refractivity contribution >= 4 is 29.2 Å². The van der Waals surface area contributed by atoms with Gasteiger partial charge in [-0.05, 0) is 25.2 Å². The lowest BCUT2D eigenvalue weighted by atomic mass is 10.1. The van der Waals surface area contributed by atoms with Crippen LogP contribution in [0, 0.1) is 5.92 Å². The Kier molecular flexibility index (Phi) is 7.04. The lowest BCUT2D eigenvalue weighted by Crippen LogP contribution is -2.35. The number of anilines is 1. The van der Waals surface area contributed by atoms with Crippen LogP contribution in [0.2, 0.25) is 5.02 Å². The molecule has 1 rings (SSSR count). The first-order chi connectivity index (χ1) is 11.0. The minimum atomic E-state index is -4.53. The van der Waals surface area contributed by atoms with Crippen molar-refractivity contribution in [2.24, 2.45) is 5.92 Å². The zero-order valence-electron chi connectivity index (χ0n) is 13.4. The first kappa shape index (κ1) is 20.2. The molecular weight excluding hydrogens is 349 g/mol. The van der Waals surface area contributed by atoms with Crippen molar-refractivity contribution in [1.82, 2.24) is 4.90 Å². The van der Waals surface area contributed by atoms with Gasteiger partial charge >= 0.3 is 12.1 Å². The Labute approximate surface area is 142 Å². The van der Waals surface area contributed by atoms with Gasteiger partial charge in [-0.1, -0.05) is 18.5 Å². The first-order valence-corrected chi connectivity index (χ1v) is 7.35. The predicted molar refractivity (Wildman–Crippen MR) is 83.8 cm³/mol.